The van der Waals surface area contributed by atoms with Gasteiger partial charge in [-0.15, -0.1) is 21.5 Å². The van der Waals surface area contributed by atoms with Crippen LogP contribution in [-0.4, -0.2) is 33.5 Å². The molecule has 2 aromatic carbocycles. The summed E-state index contributed by atoms with van der Waals surface area (Å²) in [5.41, 5.74) is 3.35. The van der Waals surface area contributed by atoms with Crippen LogP contribution in [0.25, 0.3) is 11.4 Å². The van der Waals surface area contributed by atoms with Crippen molar-refractivity contribution in [3.05, 3.63) is 81.3 Å². The minimum Gasteiger partial charge on any atom is -0.385 e. The van der Waals surface area contributed by atoms with Crippen molar-refractivity contribution in [3.63, 3.8) is 0 Å². The third-order valence-corrected chi connectivity index (χ3v) is 6.85. The van der Waals surface area contributed by atoms with Crippen LogP contribution in [0.2, 0.25) is 5.02 Å². The van der Waals surface area contributed by atoms with Crippen LogP contribution >= 0.6 is 34.7 Å². The number of hydrogen-bond donors (Lipinski definition) is 0. The fourth-order valence-electron chi connectivity index (χ4n) is 3.18. The lowest BCUT2D eigenvalue weighted by Crippen LogP contribution is -2.05. The van der Waals surface area contributed by atoms with Gasteiger partial charge in [-0.3, -0.25) is 0 Å². The lowest BCUT2D eigenvalue weighted by molar-refractivity contribution is 0.189. The number of thiazole rings is 1. The van der Waals surface area contributed by atoms with Gasteiger partial charge in [-0.25, -0.2) is 4.98 Å². The van der Waals surface area contributed by atoms with Crippen LogP contribution in [0.3, 0.4) is 0 Å². The first-order valence-corrected chi connectivity index (χ1v) is 12.3. The number of thioether (sulfide) groups is 1. The number of hydrogen-bond acceptors (Lipinski definition) is 6. The molecule has 4 rings (SSSR count). The molecule has 2 aromatic heterocycles. The van der Waals surface area contributed by atoms with Gasteiger partial charge in [0.25, 0.3) is 0 Å². The molecule has 31 heavy (non-hydrogen) atoms. The maximum atomic E-state index is 6.05. The van der Waals surface area contributed by atoms with E-state index in [2.05, 4.69) is 44.4 Å². The second-order valence-electron chi connectivity index (χ2n) is 6.99. The number of ether oxygens (including phenoxy) is 1. The van der Waals surface area contributed by atoms with Crippen LogP contribution < -0.4 is 0 Å². The van der Waals surface area contributed by atoms with Gasteiger partial charge in [-0.1, -0.05) is 53.7 Å². The molecule has 0 amide bonds. The van der Waals surface area contributed by atoms with Crippen molar-refractivity contribution >= 4 is 34.7 Å². The summed E-state index contributed by atoms with van der Waals surface area (Å²) in [4.78, 5) is 4.81. The molecule has 0 atom stereocenters. The lowest BCUT2D eigenvalue weighted by atomic mass is 10.2. The Hall–Kier alpha value is -2.19. The molecule has 0 aliphatic carbocycles. The zero-order chi connectivity index (χ0) is 21.5. The molecule has 8 heteroatoms. The maximum absolute atomic E-state index is 6.05. The molecule has 0 fully saturated rings. The van der Waals surface area contributed by atoms with Crippen molar-refractivity contribution in [2.24, 2.45) is 0 Å². The van der Waals surface area contributed by atoms with Crippen LogP contribution in [0.1, 0.15) is 22.7 Å². The Bertz CT molecular complexity index is 1100. The molecular weight excluding hydrogens is 448 g/mol. The van der Waals surface area contributed by atoms with E-state index in [0.717, 1.165) is 52.4 Å². The van der Waals surface area contributed by atoms with Gasteiger partial charge in [-0.2, -0.15) is 0 Å². The van der Waals surface area contributed by atoms with Crippen LogP contribution in [0.15, 0.2) is 65.1 Å². The van der Waals surface area contributed by atoms with Gasteiger partial charge >= 0.3 is 0 Å². The Labute approximate surface area is 195 Å². The van der Waals surface area contributed by atoms with Crippen LogP contribution in [0, 0.1) is 0 Å². The maximum Gasteiger partial charge on any atom is 0.191 e. The fraction of sp³-hybridized carbons (Fsp3) is 0.261. The van der Waals surface area contributed by atoms with E-state index in [-0.39, 0.29) is 0 Å². The summed E-state index contributed by atoms with van der Waals surface area (Å²) in [7, 11) is 1.72. The molecule has 160 valence electrons. The second-order valence-corrected chi connectivity index (χ2v) is 9.32. The van der Waals surface area contributed by atoms with Gasteiger partial charge in [0.2, 0.25) is 0 Å². The zero-order valence-corrected chi connectivity index (χ0v) is 19.6. The number of aromatic nitrogens is 4. The number of nitrogens with zero attached hydrogens (tertiary/aromatic N) is 4. The third kappa shape index (κ3) is 5.95. The summed E-state index contributed by atoms with van der Waals surface area (Å²) in [6.07, 6.45) is 1.75. The molecule has 2 heterocycles. The van der Waals surface area contributed by atoms with Crippen LogP contribution in [0.5, 0.6) is 0 Å². The highest BCUT2D eigenvalue weighted by Gasteiger charge is 2.15. The highest BCUT2D eigenvalue weighted by molar-refractivity contribution is 7.98. The van der Waals surface area contributed by atoms with E-state index in [9.17, 15) is 0 Å². The smallest absolute Gasteiger partial charge is 0.191 e. The average Bonchev–Trinajstić information content (AvgIpc) is 3.40. The Balaban J connectivity index is 1.47. The Kier molecular flexibility index (Phi) is 7.75. The standard InChI is InChI=1S/C23H23ClN4OS2/c1-29-13-5-12-28-22(18-8-10-19(24)11-9-18)26-27-23(28)31-16-20-15-30-21(25-20)14-17-6-3-2-4-7-17/h2-4,6-11,15H,5,12-14,16H2,1H3. The quantitative estimate of drug-likeness (QED) is 0.211. The van der Waals surface area contributed by atoms with Crippen LogP contribution in [-0.2, 0) is 23.5 Å². The van der Waals surface area contributed by atoms with Crippen molar-refractivity contribution in [1.29, 1.82) is 0 Å². The highest BCUT2D eigenvalue weighted by atomic mass is 35.5. The van der Waals surface area contributed by atoms with Gasteiger partial charge in [0.1, 0.15) is 0 Å². The summed E-state index contributed by atoms with van der Waals surface area (Å²) in [5, 5.41) is 13.8. The zero-order valence-electron chi connectivity index (χ0n) is 17.2. The SMILES string of the molecule is COCCCn1c(SCc2csc(Cc3ccccc3)n2)nnc1-c1ccc(Cl)cc1. The molecule has 5 nitrogen and oxygen atoms in total. The molecule has 0 radical (unpaired) electrons. The first kappa shape index (κ1) is 22.0. The van der Waals surface area contributed by atoms with Gasteiger partial charge in [0.15, 0.2) is 11.0 Å². The monoisotopic (exact) mass is 470 g/mol. The fourth-order valence-corrected chi connectivity index (χ4v) is 5.10. The number of rotatable bonds is 10. The summed E-state index contributed by atoms with van der Waals surface area (Å²) < 4.78 is 7.39. The summed E-state index contributed by atoms with van der Waals surface area (Å²) in [6.45, 7) is 1.48. The van der Waals surface area contributed by atoms with Crippen molar-refractivity contribution in [1.82, 2.24) is 19.7 Å². The highest BCUT2D eigenvalue weighted by Crippen LogP contribution is 2.28. The van der Waals surface area contributed by atoms with E-state index in [0.29, 0.717) is 11.6 Å². The van der Waals surface area contributed by atoms with Gasteiger partial charge in [0, 0.05) is 48.4 Å². The van der Waals surface area contributed by atoms with Crippen molar-refractivity contribution in [2.75, 3.05) is 13.7 Å². The van der Waals surface area contributed by atoms with E-state index >= 15 is 0 Å². The minimum absolute atomic E-state index is 0.692. The number of methoxy groups -OCH3 is 1. The lowest BCUT2D eigenvalue weighted by Gasteiger charge is -2.10. The summed E-state index contributed by atoms with van der Waals surface area (Å²) >= 11 is 9.42. The Morgan fingerprint density at radius 3 is 2.65 bits per heavy atom. The van der Waals surface area contributed by atoms with E-state index < -0.39 is 0 Å². The van der Waals surface area contributed by atoms with Crippen molar-refractivity contribution < 1.29 is 4.74 Å². The van der Waals surface area contributed by atoms with Crippen molar-refractivity contribution in [2.45, 2.75) is 30.3 Å². The van der Waals surface area contributed by atoms with E-state index in [1.807, 2.05) is 30.3 Å². The summed E-state index contributed by atoms with van der Waals surface area (Å²) in [5.74, 6) is 1.60. The molecule has 4 aromatic rings. The first-order chi connectivity index (χ1) is 15.2. The first-order valence-electron chi connectivity index (χ1n) is 10.0. The molecule has 0 bridgehead atoms. The largest absolute Gasteiger partial charge is 0.385 e. The summed E-state index contributed by atoms with van der Waals surface area (Å²) in [6, 6.07) is 18.1. The van der Waals surface area contributed by atoms with E-state index in [1.54, 1.807) is 30.2 Å². The molecule has 0 aliphatic rings. The molecule has 0 N–H and O–H groups in total. The molecular formula is C23H23ClN4OS2. The van der Waals surface area contributed by atoms with Gasteiger partial charge < -0.3 is 9.30 Å². The third-order valence-electron chi connectivity index (χ3n) is 4.70. The molecule has 0 saturated carbocycles. The van der Waals surface area contributed by atoms with Crippen LogP contribution in [0.4, 0.5) is 0 Å². The van der Waals surface area contributed by atoms with E-state index in [4.69, 9.17) is 21.3 Å². The topological polar surface area (TPSA) is 52.8 Å². The molecule has 0 aliphatic heterocycles. The van der Waals surface area contributed by atoms with Crippen molar-refractivity contribution in [3.8, 4) is 11.4 Å². The minimum atomic E-state index is 0.692. The number of benzene rings is 2. The molecule has 0 unspecified atom stereocenters. The predicted molar refractivity (Wildman–Crippen MR) is 128 cm³/mol. The van der Waals surface area contributed by atoms with Gasteiger partial charge in [0.05, 0.1) is 10.7 Å². The van der Waals surface area contributed by atoms with E-state index in [1.165, 1.54) is 5.56 Å². The number of halogens is 1. The van der Waals surface area contributed by atoms with Gasteiger partial charge in [-0.05, 0) is 36.2 Å². The Morgan fingerprint density at radius 2 is 1.87 bits per heavy atom. The normalized spacial score (nSPS) is 11.2. The second kappa shape index (κ2) is 10.9. The molecule has 0 spiro atoms. The average molecular weight is 471 g/mol. The predicted octanol–water partition coefficient (Wildman–Crippen LogP) is 5.97. The molecule has 0 saturated heterocycles. The Morgan fingerprint density at radius 1 is 1.06 bits per heavy atom.